The normalized spacial score (nSPS) is 12.7. The minimum absolute atomic E-state index is 0.0192. The number of halogens is 3. The van der Waals surface area contributed by atoms with E-state index in [4.69, 9.17) is 23.2 Å². The summed E-state index contributed by atoms with van der Waals surface area (Å²) in [5.41, 5.74) is 0.210. The molecule has 0 radical (unpaired) electrons. The monoisotopic (exact) mass is 290 g/mol. The molecule has 0 aliphatic heterocycles. The lowest BCUT2D eigenvalue weighted by atomic mass is 10.1. The molecule has 0 aliphatic rings. The molecule has 0 spiro atoms. The highest BCUT2D eigenvalue weighted by Crippen LogP contribution is 2.29. The van der Waals surface area contributed by atoms with E-state index in [0.717, 1.165) is 4.88 Å². The van der Waals surface area contributed by atoms with Gasteiger partial charge in [-0.2, -0.15) is 0 Å². The molecule has 1 nitrogen and oxygen atoms in total. The highest BCUT2D eigenvalue weighted by atomic mass is 35.5. The first-order valence-corrected chi connectivity index (χ1v) is 6.51. The third kappa shape index (κ3) is 2.99. The quantitative estimate of drug-likeness (QED) is 0.884. The van der Waals surface area contributed by atoms with E-state index in [0.29, 0.717) is 10.8 Å². The summed E-state index contributed by atoms with van der Waals surface area (Å²) in [4.78, 5) is 0.905. The van der Waals surface area contributed by atoms with Crippen LogP contribution in [0.15, 0.2) is 30.3 Å². The van der Waals surface area contributed by atoms with E-state index in [1.54, 1.807) is 12.1 Å². The zero-order valence-corrected chi connectivity index (χ0v) is 11.0. The minimum atomic E-state index is -0.914. The van der Waals surface area contributed by atoms with Crippen molar-refractivity contribution in [2.24, 2.45) is 0 Å². The minimum Gasteiger partial charge on any atom is -0.388 e. The Morgan fingerprint density at radius 3 is 2.65 bits per heavy atom. The molecule has 1 aromatic carbocycles. The first-order valence-electron chi connectivity index (χ1n) is 4.94. The number of aliphatic hydroxyl groups is 1. The van der Waals surface area contributed by atoms with Gasteiger partial charge in [-0.3, -0.25) is 0 Å². The van der Waals surface area contributed by atoms with Gasteiger partial charge in [0.1, 0.15) is 5.82 Å². The van der Waals surface area contributed by atoms with Crippen molar-refractivity contribution in [1.82, 2.24) is 0 Å². The second kappa shape index (κ2) is 5.36. The van der Waals surface area contributed by atoms with Crippen LogP contribution in [0.1, 0.15) is 16.5 Å². The van der Waals surface area contributed by atoms with Crippen molar-refractivity contribution in [3.8, 4) is 0 Å². The van der Waals surface area contributed by atoms with Gasteiger partial charge in [0.05, 0.1) is 15.5 Å². The molecule has 1 N–H and O–H groups in total. The molecular weight excluding hydrogens is 282 g/mol. The van der Waals surface area contributed by atoms with Crippen molar-refractivity contribution in [3.63, 3.8) is 0 Å². The fourth-order valence-corrected chi connectivity index (χ4v) is 2.85. The molecule has 2 rings (SSSR count). The smallest absolute Gasteiger partial charge is 0.147 e. The van der Waals surface area contributed by atoms with E-state index >= 15 is 0 Å². The Labute approximate surface area is 112 Å². The summed E-state index contributed by atoms with van der Waals surface area (Å²) in [6.45, 7) is 0. The molecule has 17 heavy (non-hydrogen) atoms. The molecule has 90 valence electrons. The van der Waals surface area contributed by atoms with E-state index < -0.39 is 11.9 Å². The predicted molar refractivity (Wildman–Crippen MR) is 69.4 cm³/mol. The van der Waals surface area contributed by atoms with Gasteiger partial charge in [0.25, 0.3) is 0 Å². The summed E-state index contributed by atoms with van der Waals surface area (Å²) < 4.78 is 14.3. The standard InChI is InChI=1S/C12H9Cl2FOS/c13-9-3-1-2-8(12(9)15)10(16)6-7-4-5-11(14)17-7/h1-5,10,16H,6H2. The van der Waals surface area contributed by atoms with Gasteiger partial charge in [0, 0.05) is 16.9 Å². The zero-order chi connectivity index (χ0) is 12.4. The molecule has 0 saturated heterocycles. The largest absolute Gasteiger partial charge is 0.388 e. The van der Waals surface area contributed by atoms with Gasteiger partial charge >= 0.3 is 0 Å². The molecular formula is C12H9Cl2FOS. The van der Waals surface area contributed by atoms with Crippen molar-refractivity contribution >= 4 is 34.5 Å². The summed E-state index contributed by atoms with van der Waals surface area (Å²) in [7, 11) is 0. The Bertz CT molecular complexity index is 527. The third-order valence-corrected chi connectivity index (χ3v) is 3.91. The summed E-state index contributed by atoms with van der Waals surface area (Å²) in [6, 6.07) is 8.17. The maximum Gasteiger partial charge on any atom is 0.147 e. The van der Waals surface area contributed by atoms with E-state index in [-0.39, 0.29) is 10.6 Å². The van der Waals surface area contributed by atoms with Gasteiger partial charge in [-0.25, -0.2) is 4.39 Å². The van der Waals surface area contributed by atoms with Gasteiger partial charge in [0.2, 0.25) is 0 Å². The van der Waals surface area contributed by atoms with Gasteiger partial charge in [-0.05, 0) is 18.2 Å². The molecule has 1 unspecified atom stereocenters. The predicted octanol–water partition coefficient (Wildman–Crippen LogP) is 4.47. The summed E-state index contributed by atoms with van der Waals surface area (Å²) in [5.74, 6) is -0.565. The molecule has 0 saturated carbocycles. The van der Waals surface area contributed by atoms with Crippen LogP contribution in [0.4, 0.5) is 4.39 Å². The number of hydrogen-bond acceptors (Lipinski definition) is 2. The van der Waals surface area contributed by atoms with E-state index in [2.05, 4.69) is 0 Å². The Kier molecular flexibility index (Phi) is 4.05. The number of hydrogen-bond donors (Lipinski definition) is 1. The SMILES string of the molecule is OC(Cc1ccc(Cl)s1)c1cccc(Cl)c1F. The van der Waals surface area contributed by atoms with Crippen LogP contribution in [0.2, 0.25) is 9.36 Å². The van der Waals surface area contributed by atoms with Gasteiger partial charge in [-0.15, -0.1) is 11.3 Å². The van der Waals surface area contributed by atoms with Crippen LogP contribution in [0.25, 0.3) is 0 Å². The molecule has 1 atom stereocenters. The molecule has 1 aromatic heterocycles. The van der Waals surface area contributed by atoms with Gasteiger partial charge in [0.15, 0.2) is 0 Å². The van der Waals surface area contributed by atoms with Crippen LogP contribution < -0.4 is 0 Å². The highest BCUT2D eigenvalue weighted by Gasteiger charge is 2.16. The molecule has 0 fully saturated rings. The Balaban J connectivity index is 2.20. The fourth-order valence-electron chi connectivity index (χ4n) is 1.54. The van der Waals surface area contributed by atoms with Crippen molar-refractivity contribution in [1.29, 1.82) is 0 Å². The van der Waals surface area contributed by atoms with Crippen LogP contribution in [0.5, 0.6) is 0 Å². The van der Waals surface area contributed by atoms with Gasteiger partial charge in [-0.1, -0.05) is 35.3 Å². The summed E-state index contributed by atoms with van der Waals surface area (Å²) in [6.07, 6.45) is -0.585. The molecule has 0 bridgehead atoms. The Morgan fingerprint density at radius 2 is 2.00 bits per heavy atom. The van der Waals surface area contributed by atoms with E-state index in [9.17, 15) is 9.50 Å². The topological polar surface area (TPSA) is 20.2 Å². The highest BCUT2D eigenvalue weighted by molar-refractivity contribution is 7.16. The fraction of sp³-hybridized carbons (Fsp3) is 0.167. The Morgan fingerprint density at radius 1 is 1.24 bits per heavy atom. The Hall–Kier alpha value is -0.610. The third-order valence-electron chi connectivity index (χ3n) is 2.36. The maximum absolute atomic E-state index is 13.6. The molecule has 0 aliphatic carbocycles. The lowest BCUT2D eigenvalue weighted by molar-refractivity contribution is 0.174. The van der Waals surface area contributed by atoms with E-state index in [1.807, 2.05) is 6.07 Å². The lowest BCUT2D eigenvalue weighted by Crippen LogP contribution is -2.03. The van der Waals surface area contributed by atoms with E-state index in [1.165, 1.54) is 23.5 Å². The average Bonchev–Trinajstić information content (AvgIpc) is 2.68. The molecule has 2 aromatic rings. The lowest BCUT2D eigenvalue weighted by Gasteiger charge is -2.11. The average molecular weight is 291 g/mol. The number of benzene rings is 1. The number of thiophene rings is 1. The summed E-state index contributed by atoms with van der Waals surface area (Å²) in [5, 5.41) is 9.97. The molecule has 1 heterocycles. The zero-order valence-electron chi connectivity index (χ0n) is 8.66. The van der Waals surface area contributed by atoms with Crippen molar-refractivity contribution < 1.29 is 9.50 Å². The molecule has 0 amide bonds. The van der Waals surface area contributed by atoms with Crippen LogP contribution in [0, 0.1) is 5.82 Å². The molecule has 5 heteroatoms. The summed E-state index contributed by atoms with van der Waals surface area (Å²) >= 11 is 12.8. The van der Waals surface area contributed by atoms with Crippen molar-refractivity contribution in [2.75, 3.05) is 0 Å². The van der Waals surface area contributed by atoms with Crippen LogP contribution >= 0.6 is 34.5 Å². The first-order chi connectivity index (χ1) is 8.08. The second-order valence-electron chi connectivity index (χ2n) is 3.57. The second-order valence-corrected chi connectivity index (χ2v) is 5.78. The first kappa shape index (κ1) is 12.8. The van der Waals surface area contributed by atoms with Crippen molar-refractivity contribution in [3.05, 3.63) is 55.9 Å². The van der Waals surface area contributed by atoms with Crippen molar-refractivity contribution in [2.45, 2.75) is 12.5 Å². The van der Waals surface area contributed by atoms with Crippen LogP contribution in [-0.4, -0.2) is 5.11 Å². The van der Waals surface area contributed by atoms with Crippen LogP contribution in [0.3, 0.4) is 0 Å². The van der Waals surface area contributed by atoms with Gasteiger partial charge < -0.3 is 5.11 Å². The number of aliphatic hydroxyl groups excluding tert-OH is 1. The number of rotatable bonds is 3. The van der Waals surface area contributed by atoms with Crippen LogP contribution in [-0.2, 0) is 6.42 Å². The maximum atomic E-state index is 13.6.